The van der Waals surface area contributed by atoms with E-state index in [0.717, 1.165) is 31.3 Å². The third-order valence-corrected chi connectivity index (χ3v) is 3.38. The third kappa shape index (κ3) is 4.24. The molecule has 1 N–H and O–H groups in total. The number of nitrogens with zero attached hydrogens (tertiary/aromatic N) is 3. The Bertz CT molecular complexity index is 848. The Morgan fingerprint density at radius 1 is 1.08 bits per heavy atom. The minimum Gasteiger partial charge on any atom is -0.350 e. The second-order valence-electron chi connectivity index (χ2n) is 5.22. The highest BCUT2D eigenvalue weighted by Crippen LogP contribution is 2.29. The van der Waals surface area contributed by atoms with Crippen molar-refractivity contribution in [2.45, 2.75) is 18.9 Å². The van der Waals surface area contributed by atoms with Crippen molar-refractivity contribution in [2.24, 2.45) is 7.05 Å². The van der Waals surface area contributed by atoms with E-state index in [4.69, 9.17) is 0 Å². The predicted molar refractivity (Wildman–Crippen MR) is 76.2 cm³/mol. The summed E-state index contributed by atoms with van der Waals surface area (Å²) in [6, 6.07) is 3.39. The van der Waals surface area contributed by atoms with Crippen molar-refractivity contribution in [3.63, 3.8) is 0 Å². The number of alkyl halides is 6. The normalized spacial score (nSPS) is 12.3. The number of hydrogen-bond acceptors (Lipinski definition) is 3. The van der Waals surface area contributed by atoms with Gasteiger partial charge in [0.2, 0.25) is 5.82 Å². The average Bonchev–Trinajstić information content (AvgIpc) is 2.82. The van der Waals surface area contributed by atoms with E-state index in [2.05, 4.69) is 10.4 Å². The molecule has 12 heteroatoms. The van der Waals surface area contributed by atoms with Crippen LogP contribution in [0.25, 0.3) is 0 Å². The lowest BCUT2D eigenvalue weighted by Gasteiger charge is -2.08. The zero-order chi connectivity index (χ0) is 19.7. The minimum absolute atomic E-state index is 0.0673. The Morgan fingerprint density at radius 3 is 2.12 bits per heavy atom. The molecule has 2 rings (SSSR count). The molecule has 2 aromatic rings. The Morgan fingerprint density at radius 2 is 1.65 bits per heavy atom. The molecule has 0 saturated heterocycles. The third-order valence-electron chi connectivity index (χ3n) is 3.38. The Kier molecular flexibility index (Phi) is 5.14. The van der Waals surface area contributed by atoms with Crippen LogP contribution in [0.2, 0.25) is 0 Å². The molecular formula is C14H12F6N4O2. The molecule has 26 heavy (non-hydrogen) atoms. The highest BCUT2D eigenvalue weighted by Gasteiger charge is 2.38. The summed E-state index contributed by atoms with van der Waals surface area (Å²) < 4.78 is 76.1. The number of carbonyl (C=O) groups is 1. The van der Waals surface area contributed by atoms with Crippen LogP contribution in [-0.2, 0) is 25.9 Å². The van der Waals surface area contributed by atoms with Gasteiger partial charge in [-0.25, -0.2) is 9.48 Å². The molecule has 0 saturated carbocycles. The van der Waals surface area contributed by atoms with Crippen LogP contribution in [0.3, 0.4) is 0 Å². The van der Waals surface area contributed by atoms with Gasteiger partial charge >= 0.3 is 18.0 Å². The Balaban J connectivity index is 2.00. The van der Waals surface area contributed by atoms with Crippen LogP contribution < -0.4 is 11.0 Å². The lowest BCUT2D eigenvalue weighted by Crippen LogP contribution is -2.31. The van der Waals surface area contributed by atoms with Crippen molar-refractivity contribution >= 4 is 5.91 Å². The standard InChI is InChI=1S/C14H12F6N4O2/c1-23-11(14(18,19)20)22-24(12(23)26)7-6-21-10(25)8-2-4-9(5-3-8)13(15,16)17/h2-5H,6-7H2,1H3,(H,21,25). The van der Waals surface area contributed by atoms with Crippen LogP contribution in [-0.4, -0.2) is 26.8 Å². The van der Waals surface area contributed by atoms with E-state index in [1.165, 1.54) is 0 Å². The first kappa shape index (κ1) is 19.5. The summed E-state index contributed by atoms with van der Waals surface area (Å²) in [4.78, 5) is 23.5. The molecule has 0 radical (unpaired) electrons. The van der Waals surface area contributed by atoms with Gasteiger partial charge in [-0.3, -0.25) is 9.36 Å². The maximum absolute atomic E-state index is 12.6. The Labute approximate surface area is 142 Å². The van der Waals surface area contributed by atoms with Crippen molar-refractivity contribution in [1.82, 2.24) is 19.7 Å². The topological polar surface area (TPSA) is 68.9 Å². The molecule has 0 aliphatic carbocycles. The molecule has 0 spiro atoms. The zero-order valence-corrected chi connectivity index (χ0v) is 13.1. The van der Waals surface area contributed by atoms with E-state index < -0.39 is 35.3 Å². The van der Waals surface area contributed by atoms with Gasteiger partial charge in [-0.15, -0.1) is 5.10 Å². The minimum atomic E-state index is -4.80. The highest BCUT2D eigenvalue weighted by atomic mass is 19.4. The van der Waals surface area contributed by atoms with E-state index in [9.17, 15) is 35.9 Å². The zero-order valence-electron chi connectivity index (χ0n) is 13.1. The maximum Gasteiger partial charge on any atom is 0.451 e. The number of aromatic nitrogens is 3. The van der Waals surface area contributed by atoms with Crippen LogP contribution >= 0.6 is 0 Å². The van der Waals surface area contributed by atoms with Crippen molar-refractivity contribution in [3.8, 4) is 0 Å². The fourth-order valence-electron chi connectivity index (χ4n) is 2.07. The summed E-state index contributed by atoms with van der Waals surface area (Å²) in [6.07, 6.45) is -9.34. The van der Waals surface area contributed by atoms with E-state index in [0.29, 0.717) is 9.25 Å². The van der Waals surface area contributed by atoms with Gasteiger partial charge in [0, 0.05) is 19.2 Å². The van der Waals surface area contributed by atoms with Gasteiger partial charge in [0.15, 0.2) is 0 Å². The van der Waals surface area contributed by atoms with Gasteiger partial charge < -0.3 is 5.32 Å². The first-order chi connectivity index (χ1) is 11.9. The van der Waals surface area contributed by atoms with E-state index in [1.807, 2.05) is 0 Å². The van der Waals surface area contributed by atoms with Gasteiger partial charge in [0.1, 0.15) is 0 Å². The lowest BCUT2D eigenvalue weighted by atomic mass is 10.1. The largest absolute Gasteiger partial charge is 0.451 e. The first-order valence-electron chi connectivity index (χ1n) is 7.07. The number of benzene rings is 1. The molecule has 0 aliphatic rings. The van der Waals surface area contributed by atoms with Gasteiger partial charge in [-0.1, -0.05) is 0 Å². The molecule has 6 nitrogen and oxygen atoms in total. The summed E-state index contributed by atoms with van der Waals surface area (Å²) in [5, 5.41) is 5.44. The smallest absolute Gasteiger partial charge is 0.350 e. The number of hydrogen-bond donors (Lipinski definition) is 1. The molecule has 0 aliphatic heterocycles. The number of carbonyl (C=O) groups excluding carboxylic acids is 1. The first-order valence-corrected chi connectivity index (χ1v) is 7.07. The molecule has 1 heterocycles. The van der Waals surface area contributed by atoms with Crippen LogP contribution in [0.15, 0.2) is 29.1 Å². The van der Waals surface area contributed by atoms with Crippen LogP contribution in [0.1, 0.15) is 21.7 Å². The molecule has 0 atom stereocenters. The van der Waals surface area contributed by atoms with Crippen molar-refractivity contribution in [2.75, 3.05) is 6.54 Å². The monoisotopic (exact) mass is 382 g/mol. The SMILES string of the molecule is Cn1c(C(F)(F)F)nn(CCNC(=O)c2ccc(C(F)(F)F)cc2)c1=O. The van der Waals surface area contributed by atoms with E-state index in [-0.39, 0.29) is 18.7 Å². The second-order valence-corrected chi connectivity index (χ2v) is 5.22. The molecule has 1 amide bonds. The van der Waals surface area contributed by atoms with Crippen molar-refractivity contribution < 1.29 is 31.1 Å². The number of amides is 1. The summed E-state index contributed by atoms with van der Waals surface area (Å²) in [5.74, 6) is -2.12. The fraction of sp³-hybridized carbons (Fsp3) is 0.357. The molecular weight excluding hydrogens is 370 g/mol. The maximum atomic E-state index is 12.6. The molecule has 142 valence electrons. The van der Waals surface area contributed by atoms with Crippen LogP contribution in [0.5, 0.6) is 0 Å². The second kappa shape index (κ2) is 6.84. The number of rotatable bonds is 4. The van der Waals surface area contributed by atoms with E-state index >= 15 is 0 Å². The predicted octanol–water partition coefficient (Wildman–Crippen LogP) is 2.05. The average molecular weight is 382 g/mol. The molecule has 0 unspecified atom stereocenters. The molecule has 1 aromatic heterocycles. The highest BCUT2D eigenvalue weighted by molar-refractivity contribution is 5.94. The molecule has 0 fully saturated rings. The van der Waals surface area contributed by atoms with Gasteiger partial charge in [0.05, 0.1) is 12.1 Å². The summed E-state index contributed by atoms with van der Waals surface area (Å²) >= 11 is 0. The summed E-state index contributed by atoms with van der Waals surface area (Å²) in [6.45, 7) is -0.580. The van der Waals surface area contributed by atoms with Crippen LogP contribution in [0.4, 0.5) is 26.3 Å². The van der Waals surface area contributed by atoms with Crippen molar-refractivity contribution in [1.29, 1.82) is 0 Å². The fourth-order valence-corrected chi connectivity index (χ4v) is 2.07. The van der Waals surface area contributed by atoms with Gasteiger partial charge in [0.25, 0.3) is 5.91 Å². The number of halogens is 6. The van der Waals surface area contributed by atoms with Gasteiger partial charge in [-0.2, -0.15) is 26.3 Å². The quantitative estimate of drug-likeness (QED) is 0.823. The van der Waals surface area contributed by atoms with Gasteiger partial charge in [-0.05, 0) is 24.3 Å². The summed E-state index contributed by atoms with van der Waals surface area (Å²) in [5.41, 5.74) is -2.00. The lowest BCUT2D eigenvalue weighted by molar-refractivity contribution is -0.147. The molecule has 0 bridgehead atoms. The Hall–Kier alpha value is -2.79. The van der Waals surface area contributed by atoms with Crippen molar-refractivity contribution in [3.05, 3.63) is 51.7 Å². The van der Waals surface area contributed by atoms with E-state index in [1.54, 1.807) is 0 Å². The summed E-state index contributed by atoms with van der Waals surface area (Å²) in [7, 11) is 0.912. The number of nitrogens with one attached hydrogen (secondary N) is 1. The molecule has 1 aromatic carbocycles. The van der Waals surface area contributed by atoms with Crippen LogP contribution in [0, 0.1) is 0 Å².